The van der Waals surface area contributed by atoms with Crippen molar-refractivity contribution in [1.82, 2.24) is 15.1 Å². The van der Waals surface area contributed by atoms with Crippen LogP contribution in [0.15, 0.2) is 18.3 Å². The molecule has 2 aromatic heterocycles. The van der Waals surface area contributed by atoms with Gasteiger partial charge in [-0.25, -0.2) is 0 Å². The fourth-order valence-electron chi connectivity index (χ4n) is 1.81. The highest BCUT2D eigenvalue weighted by atomic mass is 35.5. The number of aromatic nitrogens is 2. The summed E-state index contributed by atoms with van der Waals surface area (Å²) in [6, 6.07) is 3.95. The van der Waals surface area contributed by atoms with E-state index in [1.807, 2.05) is 23.9 Å². The van der Waals surface area contributed by atoms with Crippen LogP contribution >= 0.6 is 22.9 Å². The zero-order valence-corrected chi connectivity index (χ0v) is 12.5. The summed E-state index contributed by atoms with van der Waals surface area (Å²) >= 11 is 7.55. The monoisotopic (exact) mass is 283 g/mol. The molecule has 2 aromatic rings. The molecule has 0 aromatic carbocycles. The Morgan fingerprint density at radius 3 is 2.83 bits per heavy atom. The van der Waals surface area contributed by atoms with Crippen LogP contribution in [0.1, 0.15) is 19.4 Å². The third-order valence-electron chi connectivity index (χ3n) is 2.58. The van der Waals surface area contributed by atoms with E-state index in [-0.39, 0.29) is 0 Å². The van der Waals surface area contributed by atoms with E-state index in [9.17, 15) is 0 Å². The number of halogens is 1. The summed E-state index contributed by atoms with van der Waals surface area (Å²) in [4.78, 5) is 1.13. The first-order valence-electron chi connectivity index (χ1n) is 6.05. The molecule has 0 aliphatic rings. The van der Waals surface area contributed by atoms with Crippen LogP contribution in [-0.2, 0) is 13.6 Å². The molecule has 0 saturated carbocycles. The Morgan fingerprint density at radius 1 is 1.44 bits per heavy atom. The van der Waals surface area contributed by atoms with Gasteiger partial charge in [-0.15, -0.1) is 11.3 Å². The highest BCUT2D eigenvalue weighted by molar-refractivity contribution is 7.19. The van der Waals surface area contributed by atoms with Crippen molar-refractivity contribution in [2.75, 3.05) is 6.54 Å². The molecule has 18 heavy (non-hydrogen) atoms. The lowest BCUT2D eigenvalue weighted by Crippen LogP contribution is -2.19. The molecule has 0 spiro atoms. The van der Waals surface area contributed by atoms with E-state index < -0.39 is 0 Å². The quantitative estimate of drug-likeness (QED) is 0.909. The second-order valence-corrected chi connectivity index (χ2v) is 6.52. The van der Waals surface area contributed by atoms with Crippen molar-refractivity contribution in [1.29, 1.82) is 0 Å². The van der Waals surface area contributed by atoms with E-state index in [1.54, 1.807) is 11.3 Å². The second kappa shape index (κ2) is 5.87. The largest absolute Gasteiger partial charge is 0.312 e. The van der Waals surface area contributed by atoms with Crippen LogP contribution in [0.2, 0.25) is 4.34 Å². The number of nitrogens with zero attached hydrogens (tertiary/aromatic N) is 2. The first-order chi connectivity index (χ1) is 8.56. The normalized spacial score (nSPS) is 11.4. The van der Waals surface area contributed by atoms with Gasteiger partial charge in [0.2, 0.25) is 0 Å². The van der Waals surface area contributed by atoms with Crippen molar-refractivity contribution in [3.63, 3.8) is 0 Å². The van der Waals surface area contributed by atoms with Crippen molar-refractivity contribution in [3.05, 3.63) is 28.2 Å². The van der Waals surface area contributed by atoms with Crippen molar-refractivity contribution >= 4 is 22.9 Å². The van der Waals surface area contributed by atoms with Crippen LogP contribution < -0.4 is 5.32 Å². The van der Waals surface area contributed by atoms with Crippen molar-refractivity contribution < 1.29 is 0 Å². The molecule has 2 heterocycles. The zero-order chi connectivity index (χ0) is 13.1. The minimum Gasteiger partial charge on any atom is -0.312 e. The van der Waals surface area contributed by atoms with Gasteiger partial charge >= 0.3 is 0 Å². The van der Waals surface area contributed by atoms with Gasteiger partial charge in [-0.1, -0.05) is 25.4 Å². The number of aryl methyl sites for hydroxylation is 1. The van der Waals surface area contributed by atoms with Gasteiger partial charge in [0, 0.05) is 25.4 Å². The van der Waals surface area contributed by atoms with Crippen LogP contribution in [0.4, 0.5) is 0 Å². The summed E-state index contributed by atoms with van der Waals surface area (Å²) in [5.74, 6) is 0.654. The molecular formula is C13H18ClN3S. The first kappa shape index (κ1) is 13.6. The predicted molar refractivity (Wildman–Crippen MR) is 78.1 cm³/mol. The summed E-state index contributed by atoms with van der Waals surface area (Å²) < 4.78 is 2.66. The maximum absolute atomic E-state index is 5.98. The molecule has 5 heteroatoms. The summed E-state index contributed by atoms with van der Waals surface area (Å²) in [7, 11) is 1.95. The Balaban J connectivity index is 2.15. The van der Waals surface area contributed by atoms with Gasteiger partial charge in [0.15, 0.2) is 0 Å². The Labute approximate surface area is 117 Å². The fraction of sp³-hybridized carbons (Fsp3) is 0.462. The molecule has 3 nitrogen and oxygen atoms in total. The third-order valence-corrected chi connectivity index (χ3v) is 3.82. The average Bonchev–Trinajstić information content (AvgIpc) is 2.84. The summed E-state index contributed by atoms with van der Waals surface area (Å²) in [5.41, 5.74) is 2.25. The number of hydrogen-bond acceptors (Lipinski definition) is 3. The minimum atomic E-state index is 0.654. The number of hydrogen-bond donors (Lipinski definition) is 1. The maximum Gasteiger partial charge on any atom is 0.107 e. The molecule has 0 unspecified atom stereocenters. The molecule has 0 radical (unpaired) electrons. The van der Waals surface area contributed by atoms with Gasteiger partial charge in [-0.2, -0.15) is 5.10 Å². The van der Waals surface area contributed by atoms with Gasteiger partial charge < -0.3 is 5.32 Å². The highest BCUT2D eigenvalue weighted by Crippen LogP contribution is 2.31. The molecule has 0 aliphatic carbocycles. The molecule has 1 N–H and O–H groups in total. The van der Waals surface area contributed by atoms with Crippen LogP contribution in [0.3, 0.4) is 0 Å². The second-order valence-electron chi connectivity index (χ2n) is 4.81. The Kier molecular flexibility index (Phi) is 4.43. The lowest BCUT2D eigenvalue weighted by Gasteiger charge is -2.06. The van der Waals surface area contributed by atoms with E-state index in [2.05, 4.69) is 30.5 Å². The third kappa shape index (κ3) is 3.34. The number of rotatable bonds is 5. The predicted octanol–water partition coefficient (Wildman–Crippen LogP) is 3.55. The molecule has 2 rings (SSSR count). The van der Waals surface area contributed by atoms with Gasteiger partial charge in [0.25, 0.3) is 0 Å². The lowest BCUT2D eigenvalue weighted by molar-refractivity contribution is 0.552. The van der Waals surface area contributed by atoms with E-state index in [0.717, 1.165) is 28.0 Å². The molecule has 0 fully saturated rings. The van der Waals surface area contributed by atoms with Crippen LogP contribution in [-0.4, -0.2) is 16.3 Å². The maximum atomic E-state index is 5.98. The van der Waals surface area contributed by atoms with Crippen molar-refractivity contribution in [3.8, 4) is 10.6 Å². The zero-order valence-electron chi connectivity index (χ0n) is 10.9. The van der Waals surface area contributed by atoms with Gasteiger partial charge in [-0.05, 0) is 24.6 Å². The van der Waals surface area contributed by atoms with E-state index >= 15 is 0 Å². The molecule has 0 aliphatic heterocycles. The molecule has 0 atom stereocenters. The molecular weight excluding hydrogens is 266 g/mol. The molecule has 0 amide bonds. The van der Waals surface area contributed by atoms with Crippen LogP contribution in [0.5, 0.6) is 0 Å². The molecule has 98 valence electrons. The fourth-order valence-corrected chi connectivity index (χ4v) is 2.87. The van der Waals surface area contributed by atoms with Crippen molar-refractivity contribution in [2.45, 2.75) is 20.4 Å². The van der Waals surface area contributed by atoms with Crippen LogP contribution in [0, 0.1) is 5.92 Å². The Bertz CT molecular complexity index is 516. The average molecular weight is 284 g/mol. The van der Waals surface area contributed by atoms with E-state index in [1.165, 1.54) is 5.56 Å². The van der Waals surface area contributed by atoms with E-state index in [4.69, 9.17) is 11.6 Å². The van der Waals surface area contributed by atoms with Gasteiger partial charge in [0.05, 0.1) is 9.21 Å². The smallest absolute Gasteiger partial charge is 0.107 e. The van der Waals surface area contributed by atoms with E-state index in [0.29, 0.717) is 5.92 Å². The highest BCUT2D eigenvalue weighted by Gasteiger charge is 2.12. The number of nitrogens with one attached hydrogen (secondary N) is 1. The SMILES string of the molecule is CC(C)CNCc1cn(C)nc1-c1ccc(Cl)s1. The molecule has 0 bridgehead atoms. The molecule has 0 saturated heterocycles. The van der Waals surface area contributed by atoms with Gasteiger partial charge in [-0.3, -0.25) is 4.68 Å². The Hall–Kier alpha value is -0.840. The Morgan fingerprint density at radius 2 is 2.22 bits per heavy atom. The number of thiophene rings is 1. The van der Waals surface area contributed by atoms with Gasteiger partial charge in [0.1, 0.15) is 5.69 Å². The van der Waals surface area contributed by atoms with Crippen molar-refractivity contribution in [2.24, 2.45) is 13.0 Å². The summed E-state index contributed by atoms with van der Waals surface area (Å²) in [5, 5.41) is 7.97. The standard InChI is InChI=1S/C13H18ClN3S/c1-9(2)6-15-7-10-8-17(3)16-13(10)11-4-5-12(14)18-11/h4-5,8-9,15H,6-7H2,1-3H3. The lowest BCUT2D eigenvalue weighted by atomic mass is 10.2. The van der Waals surface area contributed by atoms with Crippen LogP contribution in [0.25, 0.3) is 10.6 Å². The topological polar surface area (TPSA) is 29.9 Å². The minimum absolute atomic E-state index is 0.654. The summed E-state index contributed by atoms with van der Waals surface area (Å²) in [6.45, 7) is 6.27. The summed E-state index contributed by atoms with van der Waals surface area (Å²) in [6.07, 6.45) is 2.07. The first-order valence-corrected chi connectivity index (χ1v) is 7.24.